The molecule has 0 aliphatic carbocycles. The van der Waals surface area contributed by atoms with Gasteiger partial charge in [0.05, 0.1) is 0 Å². The molecule has 1 saturated heterocycles. The molecule has 11 heavy (non-hydrogen) atoms. The van der Waals surface area contributed by atoms with Gasteiger partial charge < -0.3 is 4.90 Å². The lowest BCUT2D eigenvalue weighted by molar-refractivity contribution is 0.306. The van der Waals surface area contributed by atoms with Crippen LogP contribution < -0.4 is 0 Å². The zero-order chi connectivity index (χ0) is 8.27. The van der Waals surface area contributed by atoms with Gasteiger partial charge in [-0.3, -0.25) is 0 Å². The minimum atomic E-state index is 0.792. The van der Waals surface area contributed by atoms with Gasteiger partial charge in [-0.05, 0) is 33.2 Å². The lowest BCUT2D eigenvalue weighted by atomic mass is 10.2. The van der Waals surface area contributed by atoms with Gasteiger partial charge in [0, 0.05) is 19.1 Å². The first kappa shape index (κ1) is 9.36. The Bertz CT molecular complexity index is 117. The Hall–Kier alpha value is 0.270. The lowest BCUT2D eigenvalue weighted by Gasteiger charge is -2.24. The summed E-state index contributed by atoms with van der Waals surface area (Å²) in [4.78, 5) is 2.28. The predicted octanol–water partition coefficient (Wildman–Crippen LogP) is 1.29. The summed E-state index contributed by atoms with van der Waals surface area (Å²) in [6, 6.07) is 0.792. The zero-order valence-electron chi connectivity index (χ0n) is 7.71. The summed E-state index contributed by atoms with van der Waals surface area (Å²) >= 11 is 1.89. The lowest BCUT2D eigenvalue weighted by Crippen LogP contribution is -2.33. The van der Waals surface area contributed by atoms with E-state index in [2.05, 4.69) is 29.6 Å². The monoisotopic (exact) mass is 174 g/mol. The third kappa shape index (κ3) is 2.65. The van der Waals surface area contributed by atoms with Crippen LogP contribution in [-0.4, -0.2) is 48.7 Å². The number of nitrogens with zero attached hydrogens (tertiary/aromatic N) is 2. The van der Waals surface area contributed by atoms with Crippen LogP contribution in [-0.2, 0) is 0 Å². The molecule has 0 aromatic carbocycles. The predicted molar refractivity (Wildman–Crippen MR) is 51.8 cm³/mol. The molecule has 1 rings (SSSR count). The van der Waals surface area contributed by atoms with E-state index in [1.165, 1.54) is 25.9 Å². The Labute approximate surface area is 74.1 Å². The van der Waals surface area contributed by atoms with Crippen molar-refractivity contribution in [2.75, 3.05) is 33.4 Å². The summed E-state index contributed by atoms with van der Waals surface area (Å²) < 4.78 is 2.50. The van der Waals surface area contributed by atoms with Gasteiger partial charge in [0.15, 0.2) is 0 Å². The minimum absolute atomic E-state index is 0.792. The molecule has 0 aromatic heterocycles. The van der Waals surface area contributed by atoms with Gasteiger partial charge >= 0.3 is 0 Å². The molecule has 1 unspecified atom stereocenters. The molecule has 1 aliphatic rings. The van der Waals surface area contributed by atoms with E-state index < -0.39 is 0 Å². The molecular weight excluding hydrogens is 156 g/mol. The van der Waals surface area contributed by atoms with Crippen molar-refractivity contribution in [1.82, 2.24) is 9.21 Å². The van der Waals surface area contributed by atoms with Crippen molar-refractivity contribution in [3.8, 4) is 0 Å². The molecule has 0 spiro atoms. The second-order valence-electron chi connectivity index (χ2n) is 3.38. The minimum Gasteiger partial charge on any atom is -0.308 e. The van der Waals surface area contributed by atoms with Gasteiger partial charge in [-0.15, -0.1) is 0 Å². The molecule has 1 atom stereocenters. The van der Waals surface area contributed by atoms with Crippen molar-refractivity contribution < 1.29 is 0 Å². The molecule has 0 saturated carbocycles. The number of hydrogen-bond acceptors (Lipinski definition) is 3. The Morgan fingerprint density at radius 3 is 2.82 bits per heavy atom. The summed E-state index contributed by atoms with van der Waals surface area (Å²) in [5.41, 5.74) is 0. The van der Waals surface area contributed by atoms with E-state index in [9.17, 15) is 0 Å². The highest BCUT2D eigenvalue weighted by Crippen LogP contribution is 2.23. The third-order valence-corrected chi connectivity index (χ3v) is 3.08. The smallest absolute Gasteiger partial charge is 0.0330 e. The molecule has 2 nitrogen and oxygen atoms in total. The normalized spacial score (nSPS) is 26.7. The van der Waals surface area contributed by atoms with Crippen LogP contribution in [0.1, 0.15) is 12.8 Å². The Kier molecular flexibility index (Phi) is 3.69. The molecule has 0 aromatic rings. The number of rotatable bonds is 3. The highest BCUT2D eigenvalue weighted by molar-refractivity contribution is 7.96. The summed E-state index contributed by atoms with van der Waals surface area (Å²) in [5.74, 6) is 0. The van der Waals surface area contributed by atoms with Crippen LogP contribution in [0.15, 0.2) is 0 Å². The first-order valence-corrected chi connectivity index (χ1v) is 5.37. The maximum absolute atomic E-state index is 2.50. The quantitative estimate of drug-likeness (QED) is 0.595. The molecule has 66 valence electrons. The molecule has 1 aliphatic heterocycles. The van der Waals surface area contributed by atoms with Crippen molar-refractivity contribution in [1.29, 1.82) is 0 Å². The topological polar surface area (TPSA) is 6.48 Å². The molecule has 1 heterocycles. The second-order valence-corrected chi connectivity index (χ2v) is 4.22. The first-order chi connectivity index (χ1) is 5.24. The van der Waals surface area contributed by atoms with Crippen LogP contribution in [0.5, 0.6) is 0 Å². The van der Waals surface area contributed by atoms with E-state index in [0.29, 0.717) is 0 Å². The fraction of sp³-hybridized carbons (Fsp3) is 1.00. The van der Waals surface area contributed by atoms with E-state index in [-0.39, 0.29) is 0 Å². The number of hydrogen-bond donors (Lipinski definition) is 0. The zero-order valence-corrected chi connectivity index (χ0v) is 8.52. The number of likely N-dealkylation sites (N-methyl/N-ethyl adjacent to an activating group) is 1. The molecule has 0 bridgehead atoms. The Morgan fingerprint density at radius 1 is 1.55 bits per heavy atom. The molecule has 3 heteroatoms. The van der Waals surface area contributed by atoms with Crippen molar-refractivity contribution in [2.24, 2.45) is 0 Å². The fourth-order valence-corrected chi connectivity index (χ4v) is 2.44. The average Bonchev–Trinajstić information content (AvgIpc) is 2.34. The van der Waals surface area contributed by atoms with Gasteiger partial charge in [0.1, 0.15) is 0 Å². The Morgan fingerprint density at radius 2 is 2.27 bits per heavy atom. The summed E-state index contributed by atoms with van der Waals surface area (Å²) in [5, 5.41) is 0. The molecular formula is C8H18N2S. The van der Waals surface area contributed by atoms with Crippen LogP contribution in [0.2, 0.25) is 0 Å². The van der Waals surface area contributed by atoms with E-state index >= 15 is 0 Å². The molecule has 0 amide bonds. The molecule has 1 fully saturated rings. The van der Waals surface area contributed by atoms with Crippen molar-refractivity contribution in [3.05, 3.63) is 0 Å². The van der Waals surface area contributed by atoms with Crippen LogP contribution in [0, 0.1) is 0 Å². The second kappa shape index (κ2) is 4.33. The summed E-state index contributed by atoms with van der Waals surface area (Å²) in [6.45, 7) is 2.49. The maximum Gasteiger partial charge on any atom is 0.0330 e. The highest BCUT2D eigenvalue weighted by Gasteiger charge is 2.23. The van der Waals surface area contributed by atoms with Crippen molar-refractivity contribution >= 4 is 11.9 Å². The van der Waals surface area contributed by atoms with Gasteiger partial charge in [0.25, 0.3) is 0 Å². The standard InChI is InChI=1S/C8H18N2S/c1-9(2)7-8-5-4-6-10(8)11-3/h8H,4-7H2,1-3H3. The fourth-order valence-electron chi connectivity index (χ4n) is 1.65. The van der Waals surface area contributed by atoms with Gasteiger partial charge in [-0.1, -0.05) is 11.9 Å². The van der Waals surface area contributed by atoms with Crippen molar-refractivity contribution in [3.63, 3.8) is 0 Å². The first-order valence-electron chi connectivity index (χ1n) is 4.19. The van der Waals surface area contributed by atoms with E-state index in [0.717, 1.165) is 6.04 Å². The maximum atomic E-state index is 2.50. The average molecular weight is 174 g/mol. The largest absolute Gasteiger partial charge is 0.308 e. The SMILES string of the molecule is CSN1CCCC1CN(C)C. The van der Waals surface area contributed by atoms with E-state index in [4.69, 9.17) is 0 Å². The van der Waals surface area contributed by atoms with Crippen LogP contribution in [0.4, 0.5) is 0 Å². The van der Waals surface area contributed by atoms with Crippen molar-refractivity contribution in [2.45, 2.75) is 18.9 Å². The van der Waals surface area contributed by atoms with Gasteiger partial charge in [-0.2, -0.15) is 0 Å². The van der Waals surface area contributed by atoms with E-state index in [1.54, 1.807) is 0 Å². The van der Waals surface area contributed by atoms with Gasteiger partial charge in [-0.25, -0.2) is 4.31 Å². The third-order valence-electron chi connectivity index (χ3n) is 2.13. The van der Waals surface area contributed by atoms with Crippen LogP contribution in [0.3, 0.4) is 0 Å². The summed E-state index contributed by atoms with van der Waals surface area (Å²) in [6.07, 6.45) is 4.92. The van der Waals surface area contributed by atoms with Gasteiger partial charge in [0.2, 0.25) is 0 Å². The Balaban J connectivity index is 2.31. The summed E-state index contributed by atoms with van der Waals surface area (Å²) in [7, 11) is 4.30. The molecule has 0 N–H and O–H groups in total. The van der Waals surface area contributed by atoms with Crippen LogP contribution >= 0.6 is 11.9 Å². The highest BCUT2D eigenvalue weighted by atomic mass is 32.2. The van der Waals surface area contributed by atoms with Crippen LogP contribution in [0.25, 0.3) is 0 Å². The molecule has 0 radical (unpaired) electrons. The van der Waals surface area contributed by atoms with E-state index in [1.807, 2.05) is 11.9 Å².